The number of nitrogens with one attached hydrogen (secondary N) is 2. The topological polar surface area (TPSA) is 121 Å². The van der Waals surface area contributed by atoms with Gasteiger partial charge in [-0.3, -0.25) is 19.3 Å². The fourth-order valence-electron chi connectivity index (χ4n) is 6.68. The largest absolute Gasteiger partial charge is 0.384 e. The van der Waals surface area contributed by atoms with Gasteiger partial charge in [0, 0.05) is 47.7 Å². The van der Waals surface area contributed by atoms with Crippen LogP contribution in [0.15, 0.2) is 36.5 Å². The number of piperidine rings is 2. The highest BCUT2D eigenvalue weighted by Crippen LogP contribution is 2.39. The molecule has 6 rings (SSSR count). The van der Waals surface area contributed by atoms with Crippen LogP contribution in [0.2, 0.25) is 0 Å². The van der Waals surface area contributed by atoms with E-state index in [1.807, 2.05) is 12.1 Å². The molecule has 2 aromatic rings. The van der Waals surface area contributed by atoms with Crippen LogP contribution in [0.4, 0.5) is 11.5 Å². The first kappa shape index (κ1) is 26.7. The van der Waals surface area contributed by atoms with Crippen molar-refractivity contribution in [2.45, 2.75) is 75.9 Å². The quantitative estimate of drug-likeness (QED) is 0.391. The van der Waals surface area contributed by atoms with E-state index in [4.69, 9.17) is 10.7 Å². The van der Waals surface area contributed by atoms with E-state index in [0.29, 0.717) is 46.9 Å². The number of Topliss-reactive ketones (excluding diaryl/α,β-unsaturated/α-hetero) is 1. The van der Waals surface area contributed by atoms with Crippen LogP contribution >= 0.6 is 0 Å². The fourth-order valence-corrected chi connectivity index (χ4v) is 6.68. The zero-order valence-electron chi connectivity index (χ0n) is 23.1. The van der Waals surface area contributed by atoms with Crippen molar-refractivity contribution in [3.8, 4) is 0 Å². The van der Waals surface area contributed by atoms with E-state index in [1.54, 1.807) is 24.4 Å². The second-order valence-corrected chi connectivity index (χ2v) is 12.0. The number of nitrogens with zero attached hydrogens (tertiary/aromatic N) is 3. The number of amides is 2. The summed E-state index contributed by atoms with van der Waals surface area (Å²) in [6.45, 7) is 3.27. The lowest BCUT2D eigenvalue weighted by Gasteiger charge is -2.40. The predicted molar refractivity (Wildman–Crippen MR) is 155 cm³/mol. The van der Waals surface area contributed by atoms with Crippen molar-refractivity contribution in [2.24, 2.45) is 11.7 Å². The van der Waals surface area contributed by atoms with Crippen molar-refractivity contribution in [2.75, 3.05) is 36.4 Å². The molecular formula is C31H40N6O3. The molecule has 40 heavy (non-hydrogen) atoms. The highest BCUT2D eigenvalue weighted by atomic mass is 16.2. The van der Waals surface area contributed by atoms with Gasteiger partial charge in [0.15, 0.2) is 5.78 Å². The van der Waals surface area contributed by atoms with Gasteiger partial charge in [-0.2, -0.15) is 0 Å². The lowest BCUT2D eigenvalue weighted by atomic mass is 9.96. The molecule has 0 spiro atoms. The van der Waals surface area contributed by atoms with Gasteiger partial charge in [-0.05, 0) is 101 Å². The Morgan fingerprint density at radius 3 is 2.30 bits per heavy atom. The van der Waals surface area contributed by atoms with Gasteiger partial charge in [-0.1, -0.05) is 6.42 Å². The lowest BCUT2D eigenvalue weighted by molar-refractivity contribution is 0.0911. The van der Waals surface area contributed by atoms with Crippen molar-refractivity contribution in [3.05, 3.63) is 53.2 Å². The molecule has 4 fully saturated rings. The molecule has 212 valence electrons. The minimum atomic E-state index is -0.498. The maximum atomic E-state index is 13.2. The molecule has 4 heterocycles. The van der Waals surface area contributed by atoms with Crippen LogP contribution in [0.5, 0.6) is 0 Å². The number of pyridine rings is 1. The van der Waals surface area contributed by atoms with Crippen molar-refractivity contribution in [1.82, 2.24) is 15.2 Å². The molecule has 4 N–H and O–H groups in total. The molecule has 9 nitrogen and oxygen atoms in total. The number of fused-ring (bicyclic) bond motifs is 2. The number of rotatable bonds is 10. The molecule has 3 aliphatic heterocycles. The van der Waals surface area contributed by atoms with Crippen molar-refractivity contribution < 1.29 is 14.4 Å². The summed E-state index contributed by atoms with van der Waals surface area (Å²) in [5, 5.41) is 6.56. The number of likely N-dealkylation sites (tertiary alicyclic amines) is 1. The number of hydrogen-bond acceptors (Lipinski definition) is 7. The van der Waals surface area contributed by atoms with Gasteiger partial charge in [0.2, 0.25) is 0 Å². The lowest BCUT2D eigenvalue weighted by Crippen LogP contribution is -2.50. The van der Waals surface area contributed by atoms with Crippen LogP contribution in [0.1, 0.15) is 88.9 Å². The number of carbonyl (C=O) groups is 3. The minimum absolute atomic E-state index is 0.0744. The minimum Gasteiger partial charge on any atom is -0.384 e. The SMILES string of the molecule is NC(=O)c1ccc(C(=O)NC2C[C@H]3CC[C@@H](C2)N3c2ccc(C(=O)CN3CCCCC3)cn2)cc1NCC1CC1. The van der Waals surface area contributed by atoms with Gasteiger partial charge in [0.1, 0.15) is 5.82 Å². The summed E-state index contributed by atoms with van der Waals surface area (Å²) in [4.78, 5) is 47.2. The molecule has 0 radical (unpaired) electrons. The van der Waals surface area contributed by atoms with Crippen LogP contribution in [-0.2, 0) is 0 Å². The number of benzene rings is 1. The fraction of sp³-hybridized carbons (Fsp3) is 0.548. The molecule has 2 amide bonds. The molecule has 2 bridgehead atoms. The van der Waals surface area contributed by atoms with E-state index < -0.39 is 5.91 Å². The summed E-state index contributed by atoms with van der Waals surface area (Å²) in [6, 6.07) is 9.67. The van der Waals surface area contributed by atoms with E-state index in [-0.39, 0.29) is 17.7 Å². The summed E-state index contributed by atoms with van der Waals surface area (Å²) >= 11 is 0. The zero-order chi connectivity index (χ0) is 27.6. The number of anilines is 2. The van der Waals surface area contributed by atoms with Crippen LogP contribution in [-0.4, -0.2) is 71.8 Å². The summed E-state index contributed by atoms with van der Waals surface area (Å²) in [5.41, 5.74) is 7.82. The van der Waals surface area contributed by atoms with E-state index >= 15 is 0 Å². The Bertz CT molecular complexity index is 1240. The van der Waals surface area contributed by atoms with Crippen LogP contribution in [0.3, 0.4) is 0 Å². The smallest absolute Gasteiger partial charge is 0.251 e. The molecule has 1 aromatic carbocycles. The normalized spacial score (nSPS) is 24.5. The molecule has 3 saturated heterocycles. The average Bonchev–Trinajstić information content (AvgIpc) is 3.75. The Morgan fingerprint density at radius 2 is 1.65 bits per heavy atom. The molecule has 1 aromatic heterocycles. The van der Waals surface area contributed by atoms with Crippen molar-refractivity contribution >= 4 is 29.1 Å². The monoisotopic (exact) mass is 544 g/mol. The maximum Gasteiger partial charge on any atom is 0.251 e. The van der Waals surface area contributed by atoms with Crippen LogP contribution in [0.25, 0.3) is 0 Å². The highest BCUT2D eigenvalue weighted by Gasteiger charge is 2.42. The third-order valence-electron chi connectivity index (χ3n) is 9.04. The standard InChI is InChI=1S/C31H40N6O3/c32-30(39)26-10-6-21(14-27(26)33-17-20-4-5-20)31(40)35-23-15-24-8-9-25(16-23)37(24)29-11-7-22(18-34-29)28(38)19-36-12-2-1-3-13-36/h6-7,10-11,14,18,20,23-25,33H,1-5,8-9,12-13,15-17,19H2,(H2,32,39)(H,35,40)/t23?,24-,25+. The van der Waals surface area contributed by atoms with Gasteiger partial charge in [0.05, 0.1) is 12.1 Å². The van der Waals surface area contributed by atoms with Crippen molar-refractivity contribution in [3.63, 3.8) is 0 Å². The maximum absolute atomic E-state index is 13.2. The molecular weight excluding hydrogens is 504 g/mol. The Balaban J connectivity index is 1.06. The molecule has 3 atom stereocenters. The first-order chi connectivity index (χ1) is 19.4. The second-order valence-electron chi connectivity index (χ2n) is 12.0. The summed E-state index contributed by atoms with van der Waals surface area (Å²) < 4.78 is 0. The zero-order valence-corrected chi connectivity index (χ0v) is 23.1. The summed E-state index contributed by atoms with van der Waals surface area (Å²) in [5.74, 6) is 1.06. The first-order valence-electron chi connectivity index (χ1n) is 14.9. The number of ketones is 1. The van der Waals surface area contributed by atoms with E-state index in [1.165, 1.54) is 32.1 Å². The van der Waals surface area contributed by atoms with Crippen molar-refractivity contribution in [1.29, 1.82) is 0 Å². The summed E-state index contributed by atoms with van der Waals surface area (Å²) in [6.07, 6.45) is 11.6. The Kier molecular flexibility index (Phi) is 7.74. The van der Waals surface area contributed by atoms with Gasteiger partial charge >= 0.3 is 0 Å². The van der Waals surface area contributed by atoms with Crippen LogP contribution < -0.4 is 21.3 Å². The third-order valence-corrected chi connectivity index (χ3v) is 9.04. The number of aromatic nitrogens is 1. The van der Waals surface area contributed by atoms with Gasteiger partial charge in [0.25, 0.3) is 11.8 Å². The van der Waals surface area contributed by atoms with E-state index in [2.05, 4.69) is 20.4 Å². The number of nitrogens with two attached hydrogens (primary N) is 1. The van der Waals surface area contributed by atoms with Gasteiger partial charge in [-0.25, -0.2) is 4.98 Å². The van der Waals surface area contributed by atoms with Gasteiger partial charge < -0.3 is 21.3 Å². The number of hydrogen-bond donors (Lipinski definition) is 3. The first-order valence-corrected chi connectivity index (χ1v) is 14.9. The number of primary amides is 1. The molecule has 1 unspecified atom stereocenters. The molecule has 1 saturated carbocycles. The average molecular weight is 545 g/mol. The Hall–Kier alpha value is -3.46. The van der Waals surface area contributed by atoms with E-state index in [9.17, 15) is 14.4 Å². The third kappa shape index (κ3) is 5.99. The Morgan fingerprint density at radius 1 is 0.925 bits per heavy atom. The second kappa shape index (κ2) is 11.6. The van der Waals surface area contributed by atoms with Crippen LogP contribution in [0, 0.1) is 5.92 Å². The molecule has 9 heteroatoms. The summed E-state index contributed by atoms with van der Waals surface area (Å²) in [7, 11) is 0. The Labute approximate surface area is 235 Å². The predicted octanol–water partition coefficient (Wildman–Crippen LogP) is 3.60. The van der Waals surface area contributed by atoms with Gasteiger partial charge in [-0.15, -0.1) is 0 Å². The molecule has 4 aliphatic rings. The number of carbonyl (C=O) groups excluding carboxylic acids is 3. The highest BCUT2D eigenvalue weighted by molar-refractivity contribution is 6.02. The molecule has 1 aliphatic carbocycles. The van der Waals surface area contributed by atoms with E-state index in [0.717, 1.165) is 51.1 Å².